The van der Waals surface area contributed by atoms with E-state index in [1.165, 1.54) is 0 Å². The highest BCUT2D eigenvalue weighted by Crippen LogP contribution is 2.32. The third-order valence-electron chi connectivity index (χ3n) is 3.53. The van der Waals surface area contributed by atoms with E-state index >= 15 is 0 Å². The van der Waals surface area contributed by atoms with Gasteiger partial charge in [0.1, 0.15) is 0 Å². The Hall–Kier alpha value is -3.02. The molecule has 1 amide bonds. The van der Waals surface area contributed by atoms with Crippen molar-refractivity contribution in [2.45, 2.75) is 6.42 Å². The molecule has 1 aliphatic heterocycles. The monoisotopic (exact) mass is 295 g/mol. The molecule has 0 atom stereocenters. The molecule has 0 fully saturated rings. The minimum atomic E-state index is -0.0854. The SMILES string of the molecule is O=C(Cc1ccc2c(c1)OCO2)Nc1ccc2cn[nH]c2c1. The predicted octanol–water partition coefficient (Wildman–Crippen LogP) is 2.47. The molecule has 1 aliphatic rings. The van der Waals surface area contributed by atoms with Crippen molar-refractivity contribution in [3.8, 4) is 11.5 Å². The second-order valence-electron chi connectivity index (χ2n) is 5.08. The number of carbonyl (C=O) groups excluding carboxylic acids is 1. The molecule has 2 aromatic carbocycles. The fraction of sp³-hybridized carbons (Fsp3) is 0.125. The number of hydrogen-bond donors (Lipinski definition) is 2. The Balaban J connectivity index is 1.47. The van der Waals surface area contributed by atoms with Gasteiger partial charge in [-0.05, 0) is 35.9 Å². The van der Waals surface area contributed by atoms with Gasteiger partial charge in [-0.2, -0.15) is 5.10 Å². The highest BCUT2D eigenvalue weighted by atomic mass is 16.7. The summed E-state index contributed by atoms with van der Waals surface area (Å²) < 4.78 is 10.6. The largest absolute Gasteiger partial charge is 0.454 e. The first-order valence-corrected chi connectivity index (χ1v) is 6.89. The van der Waals surface area contributed by atoms with Gasteiger partial charge >= 0.3 is 0 Å². The summed E-state index contributed by atoms with van der Waals surface area (Å²) in [5.74, 6) is 1.32. The number of nitrogens with one attached hydrogen (secondary N) is 2. The Morgan fingerprint density at radius 3 is 3.05 bits per heavy atom. The Morgan fingerprint density at radius 2 is 2.09 bits per heavy atom. The molecular weight excluding hydrogens is 282 g/mol. The van der Waals surface area contributed by atoms with E-state index in [1.54, 1.807) is 6.20 Å². The number of fused-ring (bicyclic) bond motifs is 2. The molecule has 0 saturated carbocycles. The summed E-state index contributed by atoms with van der Waals surface area (Å²) in [6, 6.07) is 11.1. The Labute approximate surface area is 126 Å². The van der Waals surface area contributed by atoms with Crippen LogP contribution in [0.4, 0.5) is 5.69 Å². The summed E-state index contributed by atoms with van der Waals surface area (Å²) in [7, 11) is 0. The van der Waals surface area contributed by atoms with Crippen LogP contribution in [0.3, 0.4) is 0 Å². The fourth-order valence-electron chi connectivity index (χ4n) is 2.46. The lowest BCUT2D eigenvalue weighted by molar-refractivity contribution is -0.115. The first kappa shape index (κ1) is 12.7. The zero-order valence-corrected chi connectivity index (χ0v) is 11.6. The zero-order chi connectivity index (χ0) is 14.9. The minimum Gasteiger partial charge on any atom is -0.454 e. The number of H-pyrrole nitrogens is 1. The van der Waals surface area contributed by atoms with Gasteiger partial charge < -0.3 is 14.8 Å². The fourth-order valence-corrected chi connectivity index (χ4v) is 2.46. The van der Waals surface area contributed by atoms with Crippen LogP contribution in [-0.4, -0.2) is 22.9 Å². The molecule has 0 spiro atoms. The quantitative estimate of drug-likeness (QED) is 0.778. The Kier molecular flexibility index (Phi) is 2.93. The molecule has 0 radical (unpaired) electrons. The number of ether oxygens (including phenoxy) is 2. The van der Waals surface area contributed by atoms with Gasteiger partial charge in [-0.3, -0.25) is 9.89 Å². The Morgan fingerprint density at radius 1 is 1.18 bits per heavy atom. The highest BCUT2D eigenvalue weighted by Gasteiger charge is 2.14. The standard InChI is InChI=1S/C16H13N3O3/c20-16(6-10-1-4-14-15(5-10)22-9-21-14)18-12-3-2-11-8-17-19-13(11)7-12/h1-5,7-8H,6,9H2,(H,17,19)(H,18,20). The van der Waals surface area contributed by atoms with Crippen LogP contribution in [0.15, 0.2) is 42.6 Å². The number of benzene rings is 2. The number of aromatic amines is 1. The molecule has 2 N–H and O–H groups in total. The van der Waals surface area contributed by atoms with Gasteiger partial charge in [0.2, 0.25) is 12.7 Å². The molecule has 1 aromatic heterocycles. The van der Waals surface area contributed by atoms with Crippen molar-refractivity contribution in [2.24, 2.45) is 0 Å². The van der Waals surface area contributed by atoms with Gasteiger partial charge in [0.05, 0.1) is 18.1 Å². The van der Waals surface area contributed by atoms with Crippen LogP contribution in [0, 0.1) is 0 Å². The van der Waals surface area contributed by atoms with E-state index < -0.39 is 0 Å². The average molecular weight is 295 g/mol. The van der Waals surface area contributed by atoms with Crippen LogP contribution < -0.4 is 14.8 Å². The van der Waals surface area contributed by atoms with Gasteiger partial charge in [-0.15, -0.1) is 0 Å². The molecule has 0 unspecified atom stereocenters. The number of rotatable bonds is 3. The van der Waals surface area contributed by atoms with Crippen LogP contribution in [0.25, 0.3) is 10.9 Å². The van der Waals surface area contributed by atoms with Gasteiger partial charge in [-0.1, -0.05) is 6.07 Å². The number of nitrogens with zero attached hydrogens (tertiary/aromatic N) is 1. The van der Waals surface area contributed by atoms with Crippen molar-refractivity contribution in [1.82, 2.24) is 10.2 Å². The van der Waals surface area contributed by atoms with Crippen LogP contribution >= 0.6 is 0 Å². The second kappa shape index (κ2) is 5.07. The van der Waals surface area contributed by atoms with E-state index in [-0.39, 0.29) is 19.1 Å². The van der Waals surface area contributed by atoms with Crippen molar-refractivity contribution in [2.75, 3.05) is 12.1 Å². The van der Waals surface area contributed by atoms with Crippen molar-refractivity contribution in [3.05, 3.63) is 48.2 Å². The van der Waals surface area contributed by atoms with Crippen molar-refractivity contribution >= 4 is 22.5 Å². The molecule has 0 bridgehead atoms. The summed E-state index contributed by atoms with van der Waals surface area (Å²) in [5, 5.41) is 10.7. The lowest BCUT2D eigenvalue weighted by Crippen LogP contribution is -2.14. The van der Waals surface area contributed by atoms with Crippen molar-refractivity contribution < 1.29 is 14.3 Å². The summed E-state index contributed by atoms with van der Waals surface area (Å²) in [5.41, 5.74) is 2.51. The number of amides is 1. The van der Waals surface area contributed by atoms with E-state index in [0.717, 1.165) is 22.2 Å². The van der Waals surface area contributed by atoms with Crippen molar-refractivity contribution in [1.29, 1.82) is 0 Å². The van der Waals surface area contributed by atoms with E-state index in [0.29, 0.717) is 11.5 Å². The van der Waals surface area contributed by atoms with Gasteiger partial charge in [0.25, 0.3) is 0 Å². The van der Waals surface area contributed by atoms with Gasteiger partial charge in [0, 0.05) is 11.1 Å². The molecule has 4 rings (SSSR count). The van der Waals surface area contributed by atoms with E-state index in [4.69, 9.17) is 9.47 Å². The molecular formula is C16H13N3O3. The molecule has 6 nitrogen and oxygen atoms in total. The maximum atomic E-state index is 12.1. The maximum Gasteiger partial charge on any atom is 0.231 e. The third-order valence-corrected chi connectivity index (χ3v) is 3.53. The molecule has 22 heavy (non-hydrogen) atoms. The number of anilines is 1. The highest BCUT2D eigenvalue weighted by molar-refractivity contribution is 5.94. The van der Waals surface area contributed by atoms with Crippen LogP contribution in [0.1, 0.15) is 5.56 Å². The van der Waals surface area contributed by atoms with E-state index in [1.807, 2.05) is 36.4 Å². The molecule has 110 valence electrons. The van der Waals surface area contributed by atoms with Crippen LogP contribution in [0.2, 0.25) is 0 Å². The molecule has 0 saturated heterocycles. The number of hydrogen-bond acceptors (Lipinski definition) is 4. The topological polar surface area (TPSA) is 76.2 Å². The van der Waals surface area contributed by atoms with Crippen LogP contribution in [0.5, 0.6) is 11.5 Å². The zero-order valence-electron chi connectivity index (χ0n) is 11.6. The summed E-state index contributed by atoms with van der Waals surface area (Å²) in [6.07, 6.45) is 2.02. The van der Waals surface area contributed by atoms with Crippen molar-refractivity contribution in [3.63, 3.8) is 0 Å². The average Bonchev–Trinajstić information content (AvgIpc) is 3.14. The van der Waals surface area contributed by atoms with E-state index in [9.17, 15) is 4.79 Å². The molecule has 0 aliphatic carbocycles. The smallest absolute Gasteiger partial charge is 0.231 e. The normalized spacial score (nSPS) is 12.5. The lowest BCUT2D eigenvalue weighted by Gasteiger charge is -2.06. The maximum absolute atomic E-state index is 12.1. The molecule has 2 heterocycles. The molecule has 6 heteroatoms. The first-order valence-electron chi connectivity index (χ1n) is 6.89. The van der Waals surface area contributed by atoms with Gasteiger partial charge in [0.15, 0.2) is 11.5 Å². The minimum absolute atomic E-state index is 0.0854. The Bertz CT molecular complexity index is 857. The third kappa shape index (κ3) is 2.35. The summed E-state index contributed by atoms with van der Waals surface area (Å²) in [4.78, 5) is 12.1. The van der Waals surface area contributed by atoms with E-state index in [2.05, 4.69) is 15.5 Å². The second-order valence-corrected chi connectivity index (χ2v) is 5.08. The van der Waals surface area contributed by atoms with Crippen LogP contribution in [-0.2, 0) is 11.2 Å². The first-order chi connectivity index (χ1) is 10.8. The number of carbonyl (C=O) groups is 1. The number of aromatic nitrogens is 2. The lowest BCUT2D eigenvalue weighted by atomic mass is 10.1. The summed E-state index contributed by atoms with van der Waals surface area (Å²) >= 11 is 0. The predicted molar refractivity (Wildman–Crippen MR) is 81.0 cm³/mol. The van der Waals surface area contributed by atoms with Gasteiger partial charge in [-0.25, -0.2) is 0 Å². The molecule has 3 aromatic rings. The summed E-state index contributed by atoms with van der Waals surface area (Å²) in [6.45, 7) is 0.231.